The van der Waals surface area contributed by atoms with Gasteiger partial charge in [-0.15, -0.1) is 0 Å². The van der Waals surface area contributed by atoms with Gasteiger partial charge in [-0.1, -0.05) is 12.1 Å². The van der Waals surface area contributed by atoms with Gasteiger partial charge < -0.3 is 9.47 Å². The number of carbonyl (C=O) groups excluding carboxylic acids is 1. The summed E-state index contributed by atoms with van der Waals surface area (Å²) in [5.74, 6) is -0.344. The van der Waals surface area contributed by atoms with Gasteiger partial charge in [0.2, 0.25) is 0 Å². The molecule has 0 aromatic heterocycles. The van der Waals surface area contributed by atoms with E-state index in [0.717, 1.165) is 0 Å². The van der Waals surface area contributed by atoms with Gasteiger partial charge >= 0.3 is 11.7 Å². The molecule has 0 bridgehead atoms. The first-order valence-corrected chi connectivity index (χ1v) is 4.76. The molecule has 17 heavy (non-hydrogen) atoms. The van der Waals surface area contributed by atoms with Crippen LogP contribution in [0.4, 0.5) is 5.69 Å². The number of rotatable bonds is 5. The number of methoxy groups -OCH3 is 1. The van der Waals surface area contributed by atoms with E-state index in [1.165, 1.54) is 31.4 Å². The number of hydrogen-bond donors (Lipinski definition) is 0. The van der Waals surface area contributed by atoms with Crippen LogP contribution in [-0.2, 0) is 9.53 Å². The molecule has 0 aliphatic rings. The van der Waals surface area contributed by atoms with E-state index in [9.17, 15) is 14.9 Å². The molecule has 0 aliphatic heterocycles. The number of nitro benzene ring substituents is 1. The molecule has 1 rings (SSSR count). The van der Waals surface area contributed by atoms with Crippen LogP contribution in [0.1, 0.15) is 0 Å². The predicted molar refractivity (Wildman–Crippen MR) is 59.7 cm³/mol. The smallest absolute Gasteiger partial charge is 0.330 e. The number of nitro groups is 1. The van der Waals surface area contributed by atoms with Crippen molar-refractivity contribution >= 4 is 11.7 Å². The number of carbonyl (C=O) groups is 1. The van der Waals surface area contributed by atoms with E-state index in [-0.39, 0.29) is 18.0 Å². The van der Waals surface area contributed by atoms with Gasteiger partial charge in [0, 0.05) is 12.1 Å². The Labute approximate surface area is 97.6 Å². The lowest BCUT2D eigenvalue weighted by atomic mass is 10.3. The van der Waals surface area contributed by atoms with Crippen LogP contribution in [0.25, 0.3) is 0 Å². The van der Waals surface area contributed by atoms with Crippen molar-refractivity contribution in [3.8, 4) is 5.75 Å². The first-order valence-electron chi connectivity index (χ1n) is 4.76. The molecule has 0 N–H and O–H groups in total. The van der Waals surface area contributed by atoms with Gasteiger partial charge in [-0.05, 0) is 12.1 Å². The molecule has 0 spiro atoms. The number of benzene rings is 1. The summed E-state index contributed by atoms with van der Waals surface area (Å²) < 4.78 is 9.53. The van der Waals surface area contributed by atoms with Crippen LogP contribution in [0, 0.1) is 10.1 Å². The third kappa shape index (κ3) is 3.94. The number of esters is 1. The summed E-state index contributed by atoms with van der Waals surface area (Å²) >= 11 is 0. The molecular formula is C11H11NO5. The van der Waals surface area contributed by atoms with E-state index in [1.807, 2.05) is 0 Å². The van der Waals surface area contributed by atoms with Crippen molar-refractivity contribution in [2.75, 3.05) is 13.7 Å². The van der Waals surface area contributed by atoms with E-state index >= 15 is 0 Å². The second kappa shape index (κ2) is 6.26. The van der Waals surface area contributed by atoms with Crippen molar-refractivity contribution < 1.29 is 19.2 Å². The van der Waals surface area contributed by atoms with Crippen LogP contribution >= 0.6 is 0 Å². The lowest BCUT2D eigenvalue weighted by Crippen LogP contribution is -2.00. The van der Waals surface area contributed by atoms with Crippen LogP contribution in [0.3, 0.4) is 0 Å². The van der Waals surface area contributed by atoms with Crippen molar-refractivity contribution in [3.05, 3.63) is 46.5 Å². The van der Waals surface area contributed by atoms with E-state index in [0.29, 0.717) is 0 Å². The lowest BCUT2D eigenvalue weighted by molar-refractivity contribution is -0.385. The Morgan fingerprint density at radius 3 is 2.82 bits per heavy atom. The molecule has 6 heteroatoms. The second-order valence-corrected chi connectivity index (χ2v) is 2.96. The molecule has 0 saturated carbocycles. The first-order chi connectivity index (χ1) is 8.15. The van der Waals surface area contributed by atoms with Gasteiger partial charge in [0.1, 0.15) is 6.61 Å². The molecule has 0 heterocycles. The van der Waals surface area contributed by atoms with Gasteiger partial charge in [-0.2, -0.15) is 0 Å². The van der Waals surface area contributed by atoms with Crippen molar-refractivity contribution in [1.29, 1.82) is 0 Å². The maximum absolute atomic E-state index is 10.7. The van der Waals surface area contributed by atoms with Gasteiger partial charge in [0.25, 0.3) is 0 Å². The Morgan fingerprint density at radius 1 is 1.47 bits per heavy atom. The summed E-state index contributed by atoms with van der Waals surface area (Å²) in [6.45, 7) is 0.0555. The van der Waals surface area contributed by atoms with E-state index < -0.39 is 10.9 Å². The summed E-state index contributed by atoms with van der Waals surface area (Å²) in [7, 11) is 1.26. The van der Waals surface area contributed by atoms with Crippen molar-refractivity contribution in [2.45, 2.75) is 0 Å². The number of nitrogens with zero attached hydrogens (tertiary/aromatic N) is 1. The molecular weight excluding hydrogens is 226 g/mol. The molecule has 0 unspecified atom stereocenters. The minimum Gasteiger partial charge on any atom is -0.483 e. The summed E-state index contributed by atoms with van der Waals surface area (Å²) in [5.41, 5.74) is -0.112. The third-order valence-electron chi connectivity index (χ3n) is 1.85. The van der Waals surface area contributed by atoms with E-state index in [1.54, 1.807) is 12.1 Å². The molecule has 0 radical (unpaired) electrons. The normalized spacial score (nSPS) is 10.2. The van der Waals surface area contributed by atoms with Gasteiger partial charge in [0.05, 0.1) is 12.0 Å². The molecule has 1 aromatic rings. The van der Waals surface area contributed by atoms with E-state index in [4.69, 9.17) is 4.74 Å². The zero-order valence-corrected chi connectivity index (χ0v) is 9.16. The number of para-hydroxylation sites is 2. The topological polar surface area (TPSA) is 78.7 Å². The van der Waals surface area contributed by atoms with Crippen molar-refractivity contribution in [2.24, 2.45) is 0 Å². The molecule has 0 saturated heterocycles. The lowest BCUT2D eigenvalue weighted by Gasteiger charge is -2.03. The van der Waals surface area contributed by atoms with Gasteiger partial charge in [0.15, 0.2) is 5.75 Å². The molecule has 90 valence electrons. The third-order valence-corrected chi connectivity index (χ3v) is 1.85. The molecule has 1 aromatic carbocycles. The summed E-state index contributed by atoms with van der Waals surface area (Å²) in [4.78, 5) is 20.8. The summed E-state index contributed by atoms with van der Waals surface area (Å²) in [6, 6.07) is 6.02. The fourth-order valence-electron chi connectivity index (χ4n) is 1.08. The molecule has 0 fully saturated rings. The number of ether oxygens (including phenoxy) is 2. The summed E-state index contributed by atoms with van der Waals surface area (Å²) in [6.07, 6.45) is 2.61. The predicted octanol–water partition coefficient (Wildman–Crippen LogP) is 1.70. The highest BCUT2D eigenvalue weighted by atomic mass is 16.6. The monoisotopic (exact) mass is 237 g/mol. The van der Waals surface area contributed by atoms with Crippen LogP contribution in [0.15, 0.2) is 36.4 Å². The highest BCUT2D eigenvalue weighted by Gasteiger charge is 2.12. The van der Waals surface area contributed by atoms with Crippen molar-refractivity contribution in [3.63, 3.8) is 0 Å². The fourth-order valence-corrected chi connectivity index (χ4v) is 1.08. The van der Waals surface area contributed by atoms with Crippen LogP contribution in [-0.4, -0.2) is 24.6 Å². The fraction of sp³-hybridized carbons (Fsp3) is 0.182. The molecule has 0 aliphatic carbocycles. The van der Waals surface area contributed by atoms with Crippen molar-refractivity contribution in [1.82, 2.24) is 0 Å². The highest BCUT2D eigenvalue weighted by molar-refractivity contribution is 5.81. The maximum Gasteiger partial charge on any atom is 0.330 e. The zero-order chi connectivity index (χ0) is 12.7. The second-order valence-electron chi connectivity index (χ2n) is 2.96. The average molecular weight is 237 g/mol. The zero-order valence-electron chi connectivity index (χ0n) is 9.16. The summed E-state index contributed by atoms with van der Waals surface area (Å²) in [5, 5.41) is 10.6. The van der Waals surface area contributed by atoms with Gasteiger partial charge in [-0.25, -0.2) is 4.79 Å². The molecule has 0 atom stereocenters. The van der Waals surface area contributed by atoms with Gasteiger partial charge in [-0.3, -0.25) is 10.1 Å². The first kappa shape index (κ1) is 12.7. The Hall–Kier alpha value is -2.37. The minimum atomic E-state index is -0.528. The molecule has 6 nitrogen and oxygen atoms in total. The van der Waals surface area contributed by atoms with Crippen LogP contribution < -0.4 is 4.74 Å². The largest absolute Gasteiger partial charge is 0.483 e. The maximum atomic E-state index is 10.7. The van der Waals surface area contributed by atoms with Crippen LogP contribution in [0.2, 0.25) is 0 Å². The Morgan fingerprint density at radius 2 is 2.18 bits per heavy atom. The van der Waals surface area contributed by atoms with Crippen LogP contribution in [0.5, 0.6) is 5.75 Å². The average Bonchev–Trinajstić information content (AvgIpc) is 2.34. The quantitative estimate of drug-likeness (QED) is 0.337. The highest BCUT2D eigenvalue weighted by Crippen LogP contribution is 2.25. The Kier molecular flexibility index (Phi) is 4.68. The standard InChI is InChI=1S/C11H11NO5/c1-16-11(13)7-4-8-17-10-6-3-2-5-9(10)12(14)15/h2-7H,8H2,1H3. The molecule has 0 amide bonds. The van der Waals surface area contributed by atoms with E-state index in [2.05, 4.69) is 4.74 Å². The Balaban J connectivity index is 2.61. The SMILES string of the molecule is COC(=O)C=CCOc1ccccc1[N+](=O)[O-]. The minimum absolute atomic E-state index is 0.0555. The Bertz CT molecular complexity index is 441. The number of hydrogen-bond acceptors (Lipinski definition) is 5.